The standard InChI is InChI=1S/C28H24N4O3S/c1-2-28(22-11-7-4-8-12-22)25(34)32(27(35)31-28)17-24(33)30-26-29-23(18-36-26)21-15-13-20(14-16-21)19-9-5-3-6-10-19/h3-16,18H,2,17H2,1H3,(H,31,35)(H,29,30,33). The van der Waals surface area contributed by atoms with Crippen LogP contribution in [0.2, 0.25) is 0 Å². The van der Waals surface area contributed by atoms with Crippen molar-refractivity contribution in [1.82, 2.24) is 15.2 Å². The highest BCUT2D eigenvalue weighted by molar-refractivity contribution is 7.14. The van der Waals surface area contributed by atoms with Gasteiger partial charge in [0.15, 0.2) is 5.13 Å². The summed E-state index contributed by atoms with van der Waals surface area (Å²) >= 11 is 1.29. The Hall–Kier alpha value is -4.30. The summed E-state index contributed by atoms with van der Waals surface area (Å²) in [5, 5.41) is 7.77. The third-order valence-corrected chi connectivity index (χ3v) is 7.07. The summed E-state index contributed by atoms with van der Waals surface area (Å²) in [6, 6.07) is 26.6. The van der Waals surface area contributed by atoms with Crippen LogP contribution < -0.4 is 10.6 Å². The van der Waals surface area contributed by atoms with Crippen LogP contribution in [0.3, 0.4) is 0 Å². The molecule has 1 atom stereocenters. The van der Waals surface area contributed by atoms with E-state index in [1.807, 2.05) is 73.0 Å². The molecule has 2 N–H and O–H groups in total. The number of carbonyl (C=O) groups is 3. The van der Waals surface area contributed by atoms with E-state index in [1.54, 1.807) is 12.1 Å². The monoisotopic (exact) mass is 496 g/mol. The Bertz CT molecular complexity index is 1400. The first-order valence-electron chi connectivity index (χ1n) is 11.6. The summed E-state index contributed by atoms with van der Waals surface area (Å²) in [6.45, 7) is 1.44. The fourth-order valence-corrected chi connectivity index (χ4v) is 5.10. The first-order valence-corrected chi connectivity index (χ1v) is 12.5. The molecule has 7 nitrogen and oxygen atoms in total. The first-order chi connectivity index (χ1) is 17.5. The molecule has 2 heterocycles. The van der Waals surface area contributed by atoms with E-state index in [4.69, 9.17) is 0 Å². The number of hydrogen-bond donors (Lipinski definition) is 2. The van der Waals surface area contributed by atoms with Gasteiger partial charge in [-0.1, -0.05) is 91.9 Å². The number of carbonyl (C=O) groups excluding carboxylic acids is 3. The fourth-order valence-electron chi connectivity index (χ4n) is 4.36. The zero-order valence-electron chi connectivity index (χ0n) is 19.6. The predicted octanol–water partition coefficient (Wildman–Crippen LogP) is 5.27. The second kappa shape index (κ2) is 9.75. The van der Waals surface area contributed by atoms with E-state index < -0.39 is 23.4 Å². The van der Waals surface area contributed by atoms with Crippen LogP contribution in [-0.4, -0.2) is 34.3 Å². The SMILES string of the molecule is CCC1(c2ccccc2)NC(=O)N(CC(=O)Nc2nc(-c3ccc(-c4ccccc4)cc3)cs2)C1=O. The first kappa shape index (κ1) is 23.4. The zero-order chi connectivity index (χ0) is 25.1. The molecule has 0 spiro atoms. The van der Waals surface area contributed by atoms with E-state index in [-0.39, 0.29) is 6.54 Å². The summed E-state index contributed by atoms with van der Waals surface area (Å²) in [5.74, 6) is -0.923. The minimum atomic E-state index is -1.17. The Morgan fingerprint density at radius 1 is 0.917 bits per heavy atom. The van der Waals surface area contributed by atoms with Gasteiger partial charge in [0.2, 0.25) is 5.91 Å². The second-order valence-electron chi connectivity index (χ2n) is 8.48. The molecule has 0 aliphatic carbocycles. The highest BCUT2D eigenvalue weighted by Crippen LogP contribution is 2.32. The van der Waals surface area contributed by atoms with Crippen LogP contribution in [0.25, 0.3) is 22.4 Å². The van der Waals surface area contributed by atoms with Gasteiger partial charge in [0.05, 0.1) is 5.69 Å². The van der Waals surface area contributed by atoms with E-state index in [0.29, 0.717) is 17.1 Å². The van der Waals surface area contributed by atoms with Crippen LogP contribution in [-0.2, 0) is 15.1 Å². The molecule has 0 bridgehead atoms. The maximum Gasteiger partial charge on any atom is 0.325 e. The Balaban J connectivity index is 1.25. The Morgan fingerprint density at radius 3 is 2.19 bits per heavy atom. The van der Waals surface area contributed by atoms with Crippen LogP contribution in [0.4, 0.5) is 9.93 Å². The van der Waals surface area contributed by atoms with Crippen molar-refractivity contribution >= 4 is 34.3 Å². The van der Waals surface area contributed by atoms with Gasteiger partial charge >= 0.3 is 6.03 Å². The molecule has 36 heavy (non-hydrogen) atoms. The number of urea groups is 1. The number of thiazole rings is 1. The van der Waals surface area contributed by atoms with Gasteiger partial charge in [0.25, 0.3) is 5.91 Å². The molecule has 3 aromatic carbocycles. The predicted molar refractivity (Wildman–Crippen MR) is 140 cm³/mol. The van der Waals surface area contributed by atoms with Gasteiger partial charge in [-0.25, -0.2) is 9.78 Å². The van der Waals surface area contributed by atoms with Gasteiger partial charge in [-0.15, -0.1) is 11.3 Å². The molecule has 1 aliphatic heterocycles. The molecule has 4 aromatic rings. The van der Waals surface area contributed by atoms with Crippen molar-refractivity contribution in [2.24, 2.45) is 0 Å². The van der Waals surface area contributed by atoms with Crippen molar-refractivity contribution in [3.63, 3.8) is 0 Å². The van der Waals surface area contributed by atoms with Crippen molar-refractivity contribution < 1.29 is 14.4 Å². The largest absolute Gasteiger partial charge is 0.325 e. The molecule has 0 radical (unpaired) electrons. The molecule has 1 unspecified atom stereocenters. The van der Waals surface area contributed by atoms with Crippen molar-refractivity contribution in [2.45, 2.75) is 18.9 Å². The smallest absolute Gasteiger partial charge is 0.319 e. The van der Waals surface area contributed by atoms with Crippen molar-refractivity contribution in [1.29, 1.82) is 0 Å². The molecular weight excluding hydrogens is 472 g/mol. The van der Waals surface area contributed by atoms with E-state index in [2.05, 4.69) is 27.8 Å². The molecule has 0 saturated carbocycles. The Labute approximate surface area is 212 Å². The van der Waals surface area contributed by atoms with Crippen LogP contribution in [0.15, 0.2) is 90.3 Å². The number of nitrogens with one attached hydrogen (secondary N) is 2. The van der Waals surface area contributed by atoms with Crippen LogP contribution in [0.5, 0.6) is 0 Å². The lowest BCUT2D eigenvalue weighted by Crippen LogP contribution is -2.44. The van der Waals surface area contributed by atoms with Crippen molar-refractivity contribution in [3.8, 4) is 22.4 Å². The number of hydrogen-bond acceptors (Lipinski definition) is 5. The number of benzene rings is 3. The maximum atomic E-state index is 13.2. The normalized spacial score (nSPS) is 17.2. The van der Waals surface area contributed by atoms with Crippen LogP contribution in [0, 0.1) is 0 Å². The number of amides is 4. The van der Waals surface area contributed by atoms with E-state index in [1.165, 1.54) is 11.3 Å². The zero-order valence-corrected chi connectivity index (χ0v) is 20.4. The summed E-state index contributed by atoms with van der Waals surface area (Å²) < 4.78 is 0. The van der Waals surface area contributed by atoms with Crippen LogP contribution >= 0.6 is 11.3 Å². The molecule has 180 valence electrons. The third-order valence-electron chi connectivity index (χ3n) is 6.31. The van der Waals surface area contributed by atoms with Crippen molar-refractivity contribution in [2.75, 3.05) is 11.9 Å². The molecule has 4 amide bonds. The number of imide groups is 1. The lowest BCUT2D eigenvalue weighted by Gasteiger charge is -2.25. The highest BCUT2D eigenvalue weighted by atomic mass is 32.1. The average molecular weight is 497 g/mol. The third kappa shape index (κ3) is 4.38. The van der Waals surface area contributed by atoms with Gasteiger partial charge in [0, 0.05) is 10.9 Å². The fraction of sp³-hybridized carbons (Fsp3) is 0.143. The maximum absolute atomic E-state index is 13.2. The summed E-state index contributed by atoms with van der Waals surface area (Å²) in [5.41, 5.74) is 3.43. The topological polar surface area (TPSA) is 91.4 Å². The van der Waals surface area contributed by atoms with E-state index in [9.17, 15) is 14.4 Å². The van der Waals surface area contributed by atoms with Crippen LogP contribution in [0.1, 0.15) is 18.9 Å². The molecule has 8 heteroatoms. The lowest BCUT2D eigenvalue weighted by molar-refractivity contribution is -0.134. The summed E-state index contributed by atoms with van der Waals surface area (Å²) in [7, 11) is 0. The Morgan fingerprint density at radius 2 is 1.53 bits per heavy atom. The van der Waals surface area contributed by atoms with E-state index in [0.717, 1.165) is 27.3 Å². The van der Waals surface area contributed by atoms with Gasteiger partial charge in [0.1, 0.15) is 12.1 Å². The minimum Gasteiger partial charge on any atom is -0.319 e. The average Bonchev–Trinajstić information content (AvgIpc) is 3.48. The van der Waals surface area contributed by atoms with Crippen molar-refractivity contribution in [3.05, 3.63) is 95.9 Å². The number of aromatic nitrogens is 1. The molecular formula is C28H24N4O3S. The van der Waals surface area contributed by atoms with Gasteiger partial charge < -0.3 is 10.6 Å². The van der Waals surface area contributed by atoms with E-state index >= 15 is 0 Å². The minimum absolute atomic E-state index is 0.374. The molecule has 1 fully saturated rings. The summed E-state index contributed by atoms with van der Waals surface area (Å²) in [4.78, 5) is 44.1. The molecule has 5 rings (SSSR count). The second-order valence-corrected chi connectivity index (χ2v) is 9.33. The van der Waals surface area contributed by atoms with Gasteiger partial charge in [-0.2, -0.15) is 0 Å². The Kier molecular flexibility index (Phi) is 6.35. The lowest BCUT2D eigenvalue weighted by atomic mass is 9.87. The van der Waals surface area contributed by atoms with Gasteiger partial charge in [-0.3, -0.25) is 14.5 Å². The highest BCUT2D eigenvalue weighted by Gasteiger charge is 2.51. The van der Waals surface area contributed by atoms with Gasteiger partial charge in [-0.05, 0) is 23.1 Å². The molecule has 1 aliphatic rings. The number of anilines is 1. The quantitative estimate of drug-likeness (QED) is 0.341. The molecule has 1 saturated heterocycles. The summed E-state index contributed by atoms with van der Waals surface area (Å²) in [6.07, 6.45) is 0.374. The number of nitrogens with zero attached hydrogens (tertiary/aromatic N) is 2. The molecule has 1 aromatic heterocycles. The number of rotatable bonds is 7.